The molecule has 1 saturated heterocycles. The predicted octanol–water partition coefficient (Wildman–Crippen LogP) is 2.67. The maximum atomic E-state index is 12.9. The van der Waals surface area contributed by atoms with Crippen LogP contribution in [0.4, 0.5) is 10.5 Å². The fourth-order valence-electron chi connectivity index (χ4n) is 2.59. The number of para-hydroxylation sites is 1. The standard InChI is InChI=1S/C21H16N2O4/c1-3-12-27-18-7-5-4-6-15(18)13-17-19(24)22-21(26)23(20(17)25)16-10-8-14(2)9-11-16/h1,4-11,13H,12H2,2H3,(H,22,24,26)/b17-13+. The number of aryl methyl sites for hydroxylation is 1. The Kier molecular flexibility index (Phi) is 5.04. The van der Waals surface area contributed by atoms with Gasteiger partial charge in [0.25, 0.3) is 11.8 Å². The number of nitrogens with one attached hydrogen (secondary N) is 1. The normalized spacial score (nSPS) is 15.5. The number of hydrogen-bond donors (Lipinski definition) is 1. The molecule has 1 aliphatic heterocycles. The van der Waals surface area contributed by atoms with Gasteiger partial charge >= 0.3 is 6.03 Å². The average molecular weight is 360 g/mol. The first kappa shape index (κ1) is 18.0. The molecule has 6 heteroatoms. The number of imide groups is 2. The van der Waals surface area contributed by atoms with Crippen LogP contribution in [0.2, 0.25) is 0 Å². The SMILES string of the molecule is C#CCOc1ccccc1/C=C1\C(=O)NC(=O)N(c2ccc(C)cc2)C1=O. The van der Waals surface area contributed by atoms with Crippen molar-refractivity contribution in [2.45, 2.75) is 6.92 Å². The van der Waals surface area contributed by atoms with Gasteiger partial charge in [-0.1, -0.05) is 41.8 Å². The molecule has 1 fully saturated rings. The van der Waals surface area contributed by atoms with Gasteiger partial charge in [-0.05, 0) is 31.2 Å². The zero-order chi connectivity index (χ0) is 19.4. The van der Waals surface area contributed by atoms with Crippen LogP contribution in [-0.2, 0) is 9.59 Å². The number of anilines is 1. The van der Waals surface area contributed by atoms with E-state index in [0.717, 1.165) is 10.5 Å². The summed E-state index contributed by atoms with van der Waals surface area (Å²) in [4.78, 5) is 38.3. The summed E-state index contributed by atoms with van der Waals surface area (Å²) in [6, 6.07) is 12.9. The summed E-state index contributed by atoms with van der Waals surface area (Å²) >= 11 is 0. The van der Waals surface area contributed by atoms with Crippen molar-refractivity contribution in [2.24, 2.45) is 0 Å². The molecule has 0 aliphatic carbocycles. The number of nitrogens with zero attached hydrogens (tertiary/aromatic N) is 1. The largest absolute Gasteiger partial charge is 0.480 e. The maximum Gasteiger partial charge on any atom is 0.335 e. The van der Waals surface area contributed by atoms with Gasteiger partial charge in [-0.15, -0.1) is 6.42 Å². The number of carbonyl (C=O) groups is 3. The summed E-state index contributed by atoms with van der Waals surface area (Å²) in [5.41, 5.74) is 1.69. The summed E-state index contributed by atoms with van der Waals surface area (Å²) < 4.78 is 5.44. The van der Waals surface area contributed by atoms with Gasteiger partial charge in [0.05, 0.1) is 5.69 Å². The van der Waals surface area contributed by atoms with E-state index in [9.17, 15) is 14.4 Å². The maximum absolute atomic E-state index is 12.9. The van der Waals surface area contributed by atoms with Crippen LogP contribution in [0.3, 0.4) is 0 Å². The molecule has 0 unspecified atom stereocenters. The summed E-state index contributed by atoms with van der Waals surface area (Å²) in [6.45, 7) is 1.94. The highest BCUT2D eigenvalue weighted by atomic mass is 16.5. The topological polar surface area (TPSA) is 75.7 Å². The highest BCUT2D eigenvalue weighted by molar-refractivity contribution is 6.39. The van der Waals surface area contributed by atoms with E-state index >= 15 is 0 Å². The van der Waals surface area contributed by atoms with Crippen LogP contribution in [0, 0.1) is 19.3 Å². The molecule has 0 radical (unpaired) electrons. The first-order valence-electron chi connectivity index (χ1n) is 8.14. The Morgan fingerprint density at radius 1 is 1.11 bits per heavy atom. The van der Waals surface area contributed by atoms with E-state index in [1.54, 1.807) is 48.5 Å². The molecule has 134 valence electrons. The number of barbiturate groups is 1. The fourth-order valence-corrected chi connectivity index (χ4v) is 2.59. The Labute approximate surface area is 156 Å². The molecular weight excluding hydrogens is 344 g/mol. The molecule has 27 heavy (non-hydrogen) atoms. The van der Waals surface area contributed by atoms with Gasteiger partial charge in [0, 0.05) is 5.56 Å². The fraction of sp³-hybridized carbons (Fsp3) is 0.0952. The van der Waals surface area contributed by atoms with Crippen LogP contribution in [0.5, 0.6) is 5.75 Å². The van der Waals surface area contributed by atoms with E-state index in [1.165, 1.54) is 6.08 Å². The average Bonchev–Trinajstić information content (AvgIpc) is 2.65. The van der Waals surface area contributed by atoms with Crippen molar-refractivity contribution >= 4 is 29.6 Å². The summed E-state index contributed by atoms with van der Waals surface area (Å²) in [7, 11) is 0. The number of amides is 4. The number of rotatable bonds is 4. The first-order chi connectivity index (χ1) is 13.0. The van der Waals surface area contributed by atoms with E-state index in [1.807, 2.05) is 6.92 Å². The van der Waals surface area contributed by atoms with Gasteiger partial charge in [0.15, 0.2) is 0 Å². The zero-order valence-electron chi connectivity index (χ0n) is 14.6. The molecule has 0 spiro atoms. The molecule has 1 aliphatic rings. The van der Waals surface area contributed by atoms with Gasteiger partial charge in [0.1, 0.15) is 17.9 Å². The molecule has 1 heterocycles. The lowest BCUT2D eigenvalue weighted by Gasteiger charge is -2.26. The lowest BCUT2D eigenvalue weighted by Crippen LogP contribution is -2.54. The summed E-state index contributed by atoms with van der Waals surface area (Å²) in [5.74, 6) is 1.32. The predicted molar refractivity (Wildman–Crippen MR) is 101 cm³/mol. The third-order valence-electron chi connectivity index (χ3n) is 3.92. The molecule has 4 amide bonds. The third kappa shape index (κ3) is 3.72. The van der Waals surface area contributed by atoms with Gasteiger partial charge in [-0.2, -0.15) is 0 Å². The van der Waals surface area contributed by atoms with Crippen LogP contribution in [0.25, 0.3) is 6.08 Å². The van der Waals surface area contributed by atoms with E-state index < -0.39 is 17.8 Å². The molecule has 0 saturated carbocycles. The zero-order valence-corrected chi connectivity index (χ0v) is 14.6. The second kappa shape index (κ2) is 7.58. The smallest absolute Gasteiger partial charge is 0.335 e. The van der Waals surface area contributed by atoms with Gasteiger partial charge in [-0.25, -0.2) is 9.69 Å². The van der Waals surface area contributed by atoms with Gasteiger partial charge < -0.3 is 4.74 Å². The lowest BCUT2D eigenvalue weighted by atomic mass is 10.1. The molecule has 2 aromatic carbocycles. The third-order valence-corrected chi connectivity index (χ3v) is 3.92. The Morgan fingerprint density at radius 2 is 1.81 bits per heavy atom. The van der Waals surface area contributed by atoms with Crippen molar-refractivity contribution in [2.75, 3.05) is 11.5 Å². The van der Waals surface area contributed by atoms with Crippen LogP contribution in [-0.4, -0.2) is 24.5 Å². The quantitative estimate of drug-likeness (QED) is 0.517. The van der Waals surface area contributed by atoms with Crippen molar-refractivity contribution in [1.29, 1.82) is 0 Å². The number of terminal acetylenes is 1. The second-order valence-corrected chi connectivity index (χ2v) is 5.82. The van der Waals surface area contributed by atoms with E-state index in [2.05, 4.69) is 11.2 Å². The minimum atomic E-state index is -0.789. The van der Waals surface area contributed by atoms with Crippen molar-refractivity contribution < 1.29 is 19.1 Å². The Balaban J connectivity index is 2.00. The van der Waals surface area contributed by atoms with Crippen molar-refractivity contribution in [1.82, 2.24) is 5.32 Å². The molecule has 1 N–H and O–H groups in total. The van der Waals surface area contributed by atoms with Crippen LogP contribution >= 0.6 is 0 Å². The highest BCUT2D eigenvalue weighted by Gasteiger charge is 2.36. The van der Waals surface area contributed by atoms with E-state index in [0.29, 0.717) is 17.0 Å². The Morgan fingerprint density at radius 3 is 2.52 bits per heavy atom. The second-order valence-electron chi connectivity index (χ2n) is 5.82. The number of benzene rings is 2. The lowest BCUT2D eigenvalue weighted by molar-refractivity contribution is -0.122. The number of ether oxygens (including phenoxy) is 1. The van der Waals surface area contributed by atoms with Gasteiger partial charge in [0.2, 0.25) is 0 Å². The van der Waals surface area contributed by atoms with E-state index in [4.69, 9.17) is 11.2 Å². The Hall–Kier alpha value is -3.85. The van der Waals surface area contributed by atoms with Crippen molar-refractivity contribution in [3.63, 3.8) is 0 Å². The first-order valence-corrected chi connectivity index (χ1v) is 8.14. The van der Waals surface area contributed by atoms with Crippen molar-refractivity contribution in [3.05, 3.63) is 65.2 Å². The van der Waals surface area contributed by atoms with Crippen LogP contribution in [0.1, 0.15) is 11.1 Å². The molecule has 0 bridgehead atoms. The van der Waals surface area contributed by atoms with Crippen LogP contribution in [0.15, 0.2) is 54.1 Å². The van der Waals surface area contributed by atoms with Crippen molar-refractivity contribution in [3.8, 4) is 18.1 Å². The molecule has 2 aromatic rings. The molecule has 6 nitrogen and oxygen atoms in total. The molecule has 3 rings (SSSR count). The minimum Gasteiger partial charge on any atom is -0.480 e. The molecule has 0 atom stereocenters. The summed E-state index contributed by atoms with van der Waals surface area (Å²) in [5, 5.41) is 2.19. The highest BCUT2D eigenvalue weighted by Crippen LogP contribution is 2.25. The number of urea groups is 1. The van der Waals surface area contributed by atoms with Gasteiger partial charge in [-0.3, -0.25) is 14.9 Å². The number of hydrogen-bond acceptors (Lipinski definition) is 4. The Bertz CT molecular complexity index is 984. The van der Waals surface area contributed by atoms with E-state index in [-0.39, 0.29) is 12.2 Å². The molecular formula is C21H16N2O4. The summed E-state index contributed by atoms with van der Waals surface area (Å²) in [6.07, 6.45) is 6.60. The minimum absolute atomic E-state index is 0.0499. The van der Waals surface area contributed by atoms with Crippen LogP contribution < -0.4 is 15.0 Å². The number of carbonyl (C=O) groups excluding carboxylic acids is 3. The molecule has 0 aromatic heterocycles. The monoisotopic (exact) mass is 360 g/mol.